The number of rotatable bonds is 7. The summed E-state index contributed by atoms with van der Waals surface area (Å²) < 4.78 is 1.64. The molecule has 1 aromatic carbocycles. The van der Waals surface area contributed by atoms with Crippen molar-refractivity contribution in [1.29, 1.82) is 5.26 Å². The first-order chi connectivity index (χ1) is 14.2. The van der Waals surface area contributed by atoms with Crippen LogP contribution < -0.4 is 16.4 Å². The highest BCUT2D eigenvalue weighted by atomic mass is 32.2. The fraction of sp³-hybridized carbons (Fsp3) is 0.476. The lowest BCUT2D eigenvalue weighted by Crippen LogP contribution is -2.42. The van der Waals surface area contributed by atoms with Crippen molar-refractivity contribution in [2.24, 2.45) is 4.99 Å². The van der Waals surface area contributed by atoms with Crippen LogP contribution >= 0.6 is 11.8 Å². The molecule has 8 heteroatoms. The molecular formula is C21H29N7S. The molecular weight excluding hydrogens is 382 g/mol. The minimum atomic E-state index is 0.392. The fourth-order valence-electron chi connectivity index (χ4n) is 3.68. The minimum absolute atomic E-state index is 0.392. The van der Waals surface area contributed by atoms with Gasteiger partial charge in [-0.3, -0.25) is 4.99 Å². The average Bonchev–Trinajstić information content (AvgIpc) is 3.34. The Morgan fingerprint density at radius 1 is 1.38 bits per heavy atom. The molecule has 2 atom stereocenters. The number of nitrogens with two attached hydrogens (primary N) is 1. The molecule has 1 saturated carbocycles. The molecule has 3 rings (SSSR count). The maximum atomic E-state index is 9.51. The van der Waals surface area contributed by atoms with E-state index < -0.39 is 0 Å². The van der Waals surface area contributed by atoms with E-state index in [1.807, 2.05) is 42.1 Å². The molecule has 29 heavy (non-hydrogen) atoms. The summed E-state index contributed by atoms with van der Waals surface area (Å²) in [6, 6.07) is 12.3. The van der Waals surface area contributed by atoms with Crippen LogP contribution in [0.2, 0.25) is 0 Å². The average molecular weight is 412 g/mol. The van der Waals surface area contributed by atoms with Gasteiger partial charge in [-0.05, 0) is 50.5 Å². The molecule has 0 spiro atoms. The monoisotopic (exact) mass is 411 g/mol. The number of hydrogen-bond acceptors (Lipinski definition) is 5. The third-order valence-corrected chi connectivity index (χ3v) is 6.37. The van der Waals surface area contributed by atoms with E-state index in [9.17, 15) is 5.26 Å². The van der Waals surface area contributed by atoms with Gasteiger partial charge < -0.3 is 16.4 Å². The predicted molar refractivity (Wildman–Crippen MR) is 120 cm³/mol. The lowest BCUT2D eigenvalue weighted by atomic mass is 10.1. The summed E-state index contributed by atoms with van der Waals surface area (Å²) in [5.74, 6) is 1.23. The van der Waals surface area contributed by atoms with Crippen LogP contribution in [-0.4, -0.2) is 46.9 Å². The van der Waals surface area contributed by atoms with E-state index in [2.05, 4.69) is 33.0 Å². The number of guanidine groups is 1. The lowest BCUT2D eigenvalue weighted by Gasteiger charge is -2.17. The second kappa shape index (κ2) is 10.2. The lowest BCUT2D eigenvalue weighted by molar-refractivity contribution is 0.611. The second-order valence-electron chi connectivity index (χ2n) is 7.18. The summed E-state index contributed by atoms with van der Waals surface area (Å²) in [5, 5.41) is 21.7. The van der Waals surface area contributed by atoms with Gasteiger partial charge in [-0.25, -0.2) is 4.68 Å². The van der Waals surface area contributed by atoms with E-state index in [-0.39, 0.29) is 0 Å². The van der Waals surface area contributed by atoms with Crippen molar-refractivity contribution in [2.75, 3.05) is 25.6 Å². The summed E-state index contributed by atoms with van der Waals surface area (Å²) in [5.41, 5.74) is 8.22. The van der Waals surface area contributed by atoms with Crippen LogP contribution in [0, 0.1) is 11.3 Å². The standard InChI is InChI=1S/C21H29N7S/c1-24-21(26-15-10-11-17(13-15)29-2)25-12-6-9-19-18(14-22)20(23)28(27-19)16-7-4-3-5-8-16/h3-5,7-8,15,17H,6,9-13,23H2,1-2H3,(H2,24,25,26). The van der Waals surface area contributed by atoms with Gasteiger partial charge in [-0.1, -0.05) is 18.2 Å². The maximum Gasteiger partial charge on any atom is 0.191 e. The molecule has 0 saturated heterocycles. The Morgan fingerprint density at radius 3 is 2.83 bits per heavy atom. The number of aliphatic imine (C=N–C) groups is 1. The van der Waals surface area contributed by atoms with Crippen molar-refractivity contribution >= 4 is 23.5 Å². The maximum absolute atomic E-state index is 9.51. The predicted octanol–water partition coefficient (Wildman–Crippen LogP) is 2.71. The minimum Gasteiger partial charge on any atom is -0.382 e. The van der Waals surface area contributed by atoms with Crippen LogP contribution in [0.25, 0.3) is 5.69 Å². The highest BCUT2D eigenvalue weighted by Gasteiger charge is 2.24. The third kappa shape index (κ3) is 5.24. The number of nitriles is 1. The zero-order chi connectivity index (χ0) is 20.6. The molecule has 154 valence electrons. The first kappa shape index (κ1) is 21.1. The van der Waals surface area contributed by atoms with Gasteiger partial charge in [0.25, 0.3) is 0 Å². The van der Waals surface area contributed by atoms with Crippen molar-refractivity contribution < 1.29 is 0 Å². The number of benzene rings is 1. The van der Waals surface area contributed by atoms with Crippen molar-refractivity contribution in [3.8, 4) is 11.8 Å². The van der Waals surface area contributed by atoms with E-state index in [4.69, 9.17) is 5.73 Å². The summed E-state index contributed by atoms with van der Waals surface area (Å²) >= 11 is 1.95. The van der Waals surface area contributed by atoms with Crippen molar-refractivity contribution in [1.82, 2.24) is 20.4 Å². The van der Waals surface area contributed by atoms with Crippen LogP contribution in [0.3, 0.4) is 0 Å². The van der Waals surface area contributed by atoms with E-state index in [1.54, 1.807) is 11.7 Å². The van der Waals surface area contributed by atoms with Crippen LogP contribution in [0.4, 0.5) is 5.82 Å². The van der Waals surface area contributed by atoms with Crippen molar-refractivity contribution in [3.63, 3.8) is 0 Å². The highest BCUT2D eigenvalue weighted by Crippen LogP contribution is 2.28. The molecule has 1 heterocycles. The van der Waals surface area contributed by atoms with Gasteiger partial charge in [0.15, 0.2) is 5.96 Å². The highest BCUT2D eigenvalue weighted by molar-refractivity contribution is 7.99. The molecule has 0 amide bonds. The summed E-state index contributed by atoms with van der Waals surface area (Å²) in [6.45, 7) is 0.751. The van der Waals surface area contributed by atoms with Crippen LogP contribution in [-0.2, 0) is 6.42 Å². The third-order valence-electron chi connectivity index (χ3n) is 5.27. The molecule has 0 bridgehead atoms. The Labute approximate surface area is 176 Å². The molecule has 1 aliphatic carbocycles. The molecule has 4 N–H and O–H groups in total. The van der Waals surface area contributed by atoms with Gasteiger partial charge in [-0.2, -0.15) is 22.1 Å². The number of hydrogen-bond donors (Lipinski definition) is 3. The van der Waals surface area contributed by atoms with E-state index in [0.29, 0.717) is 23.8 Å². The van der Waals surface area contributed by atoms with Crippen LogP contribution in [0.15, 0.2) is 35.3 Å². The Kier molecular flexibility index (Phi) is 7.42. The number of nitrogens with one attached hydrogen (secondary N) is 2. The Morgan fingerprint density at radius 2 is 2.17 bits per heavy atom. The number of anilines is 1. The number of aryl methyl sites for hydroxylation is 1. The molecule has 1 aliphatic rings. The van der Waals surface area contributed by atoms with E-state index >= 15 is 0 Å². The van der Waals surface area contributed by atoms with Crippen molar-refractivity contribution in [2.45, 2.75) is 43.4 Å². The number of para-hydroxylation sites is 1. The zero-order valence-electron chi connectivity index (χ0n) is 17.1. The van der Waals surface area contributed by atoms with Gasteiger partial charge in [0.1, 0.15) is 17.5 Å². The summed E-state index contributed by atoms with van der Waals surface area (Å²) in [7, 11) is 1.80. The molecule has 7 nitrogen and oxygen atoms in total. The molecule has 1 fully saturated rings. The van der Waals surface area contributed by atoms with Crippen LogP contribution in [0.5, 0.6) is 0 Å². The Balaban J connectivity index is 1.53. The molecule has 1 aromatic heterocycles. The fourth-order valence-corrected chi connectivity index (χ4v) is 4.47. The Bertz CT molecular complexity index is 869. The molecule has 2 unspecified atom stereocenters. The smallest absolute Gasteiger partial charge is 0.191 e. The van der Waals surface area contributed by atoms with Crippen molar-refractivity contribution in [3.05, 3.63) is 41.6 Å². The van der Waals surface area contributed by atoms with Gasteiger partial charge in [0.2, 0.25) is 0 Å². The number of nitrogen functional groups attached to an aromatic ring is 1. The first-order valence-electron chi connectivity index (χ1n) is 9.99. The molecule has 0 radical (unpaired) electrons. The number of nitrogens with zero attached hydrogens (tertiary/aromatic N) is 4. The van der Waals surface area contributed by atoms with Gasteiger partial charge in [0, 0.05) is 24.9 Å². The summed E-state index contributed by atoms with van der Waals surface area (Å²) in [4.78, 5) is 4.33. The van der Waals surface area contributed by atoms with Crippen LogP contribution in [0.1, 0.15) is 36.9 Å². The normalized spacial score (nSPS) is 19.1. The molecule has 0 aliphatic heterocycles. The quantitative estimate of drug-likeness (QED) is 0.368. The number of aromatic nitrogens is 2. The van der Waals surface area contributed by atoms with Gasteiger partial charge >= 0.3 is 0 Å². The first-order valence-corrected chi connectivity index (χ1v) is 11.3. The van der Waals surface area contributed by atoms with E-state index in [1.165, 1.54) is 19.3 Å². The SMILES string of the molecule is CN=C(NCCCc1nn(-c2ccccc2)c(N)c1C#N)NC1CCC(SC)C1. The van der Waals surface area contributed by atoms with Gasteiger partial charge in [-0.15, -0.1) is 0 Å². The number of thioether (sulfide) groups is 1. The van der Waals surface area contributed by atoms with E-state index in [0.717, 1.165) is 35.6 Å². The topological polar surface area (TPSA) is 104 Å². The zero-order valence-corrected chi connectivity index (χ0v) is 17.9. The largest absolute Gasteiger partial charge is 0.382 e. The summed E-state index contributed by atoms with van der Waals surface area (Å²) in [6.07, 6.45) is 7.32. The second-order valence-corrected chi connectivity index (χ2v) is 8.32. The molecule has 2 aromatic rings. The Hall–Kier alpha value is -2.66. The van der Waals surface area contributed by atoms with Gasteiger partial charge in [0.05, 0.1) is 11.4 Å².